The van der Waals surface area contributed by atoms with Crippen molar-refractivity contribution in [1.29, 1.82) is 0 Å². The topological polar surface area (TPSA) is 72.6 Å². The molecule has 6 heteroatoms. The van der Waals surface area contributed by atoms with Crippen LogP contribution in [0.1, 0.15) is 10.5 Å². The number of aromatic amines is 1. The van der Waals surface area contributed by atoms with Gasteiger partial charge in [-0.15, -0.1) is 0 Å². The number of benzene rings is 1. The maximum absolute atomic E-state index is 12.0. The van der Waals surface area contributed by atoms with E-state index in [1.54, 1.807) is 13.2 Å². The Balaban J connectivity index is 2.10. The van der Waals surface area contributed by atoms with Crippen LogP contribution in [0.5, 0.6) is 5.75 Å². The number of H-pyrrole nitrogens is 1. The molecule has 1 heterocycles. The molecule has 0 aliphatic carbocycles. The normalized spacial score (nSPS) is 11.0. The van der Waals surface area contributed by atoms with Gasteiger partial charge in [-0.3, -0.25) is 4.79 Å². The summed E-state index contributed by atoms with van der Waals surface area (Å²) >= 11 is 0. The Hall–Kier alpha value is -2.05. The summed E-state index contributed by atoms with van der Waals surface area (Å²) < 4.78 is 15.2. The summed E-state index contributed by atoms with van der Waals surface area (Å²) in [7, 11) is 4.65. The molecule has 0 spiro atoms. The summed E-state index contributed by atoms with van der Waals surface area (Å²) in [6.07, 6.45) is -0.455. The van der Waals surface area contributed by atoms with E-state index in [9.17, 15) is 4.79 Å². The number of fused-ring (bicyclic) bond motifs is 1. The van der Waals surface area contributed by atoms with Crippen LogP contribution >= 0.6 is 0 Å². The second-order valence-corrected chi connectivity index (χ2v) is 4.25. The predicted octanol–water partition coefficient (Wildman–Crippen LogP) is 1.53. The third kappa shape index (κ3) is 3.09. The molecule has 1 aromatic carbocycles. The van der Waals surface area contributed by atoms with Crippen LogP contribution in [0.15, 0.2) is 24.3 Å². The van der Waals surface area contributed by atoms with Crippen LogP contribution in [0.25, 0.3) is 10.9 Å². The van der Waals surface area contributed by atoms with Crippen molar-refractivity contribution >= 4 is 16.8 Å². The van der Waals surface area contributed by atoms with Crippen LogP contribution in [0, 0.1) is 0 Å². The number of nitrogens with one attached hydrogen (secondary N) is 2. The lowest BCUT2D eigenvalue weighted by Gasteiger charge is -2.13. The fraction of sp³-hybridized carbons (Fsp3) is 0.357. The standard InChI is InChI=1S/C14H18N2O4/c1-18-10-4-5-11-9(6-10)7-12(16-11)14(17)15-8-13(19-2)20-3/h4-7,13,16H,8H2,1-3H3,(H,15,17). The van der Waals surface area contributed by atoms with Crippen molar-refractivity contribution in [2.45, 2.75) is 6.29 Å². The van der Waals surface area contributed by atoms with Gasteiger partial charge in [0.15, 0.2) is 6.29 Å². The van der Waals surface area contributed by atoms with Crippen molar-refractivity contribution in [2.24, 2.45) is 0 Å². The molecule has 0 aliphatic heterocycles. The molecule has 0 fully saturated rings. The van der Waals surface area contributed by atoms with E-state index in [0.717, 1.165) is 16.7 Å². The molecule has 0 atom stereocenters. The summed E-state index contributed by atoms with van der Waals surface area (Å²) in [6.45, 7) is 0.282. The molecular weight excluding hydrogens is 260 g/mol. The molecule has 0 saturated heterocycles. The summed E-state index contributed by atoms with van der Waals surface area (Å²) in [6, 6.07) is 7.36. The molecule has 0 bridgehead atoms. The molecular formula is C14H18N2O4. The number of aromatic nitrogens is 1. The minimum atomic E-state index is -0.455. The Labute approximate surface area is 117 Å². The summed E-state index contributed by atoms with van der Waals surface area (Å²) in [5.41, 5.74) is 1.37. The summed E-state index contributed by atoms with van der Waals surface area (Å²) in [5.74, 6) is 0.543. The first-order valence-corrected chi connectivity index (χ1v) is 6.18. The van der Waals surface area contributed by atoms with E-state index in [1.165, 1.54) is 14.2 Å². The lowest BCUT2D eigenvalue weighted by atomic mass is 10.2. The lowest BCUT2D eigenvalue weighted by Crippen LogP contribution is -2.34. The third-order valence-electron chi connectivity index (χ3n) is 3.03. The van der Waals surface area contributed by atoms with Gasteiger partial charge in [-0.1, -0.05) is 0 Å². The Morgan fingerprint density at radius 1 is 1.25 bits per heavy atom. The van der Waals surface area contributed by atoms with Crippen molar-refractivity contribution < 1.29 is 19.0 Å². The highest BCUT2D eigenvalue weighted by Crippen LogP contribution is 2.21. The van der Waals surface area contributed by atoms with E-state index < -0.39 is 6.29 Å². The van der Waals surface area contributed by atoms with Gasteiger partial charge >= 0.3 is 0 Å². The Kier molecular flexibility index (Phi) is 4.60. The number of rotatable bonds is 6. The minimum Gasteiger partial charge on any atom is -0.497 e. The fourth-order valence-corrected chi connectivity index (χ4v) is 1.89. The highest BCUT2D eigenvalue weighted by Gasteiger charge is 2.12. The highest BCUT2D eigenvalue weighted by molar-refractivity contribution is 5.98. The molecule has 6 nitrogen and oxygen atoms in total. The van der Waals surface area contributed by atoms with Crippen LogP contribution in [0.2, 0.25) is 0 Å². The zero-order valence-corrected chi connectivity index (χ0v) is 11.7. The SMILES string of the molecule is COc1ccc2[nH]c(C(=O)NCC(OC)OC)cc2c1. The maximum Gasteiger partial charge on any atom is 0.267 e. The van der Waals surface area contributed by atoms with Crippen LogP contribution in [-0.4, -0.2) is 45.1 Å². The molecule has 2 rings (SSSR count). The largest absolute Gasteiger partial charge is 0.497 e. The highest BCUT2D eigenvalue weighted by atomic mass is 16.7. The van der Waals surface area contributed by atoms with Gasteiger partial charge in [0, 0.05) is 25.1 Å². The van der Waals surface area contributed by atoms with Gasteiger partial charge in [-0.05, 0) is 24.3 Å². The maximum atomic E-state index is 12.0. The average Bonchev–Trinajstić information content (AvgIpc) is 2.90. The molecule has 20 heavy (non-hydrogen) atoms. The van der Waals surface area contributed by atoms with E-state index in [-0.39, 0.29) is 12.5 Å². The Morgan fingerprint density at radius 2 is 2.00 bits per heavy atom. The Bertz CT molecular complexity index is 590. The van der Waals surface area contributed by atoms with Crippen molar-refractivity contribution in [3.05, 3.63) is 30.0 Å². The molecule has 2 N–H and O–H groups in total. The van der Waals surface area contributed by atoms with E-state index in [1.807, 2.05) is 18.2 Å². The van der Waals surface area contributed by atoms with E-state index >= 15 is 0 Å². The van der Waals surface area contributed by atoms with E-state index in [0.29, 0.717) is 5.69 Å². The van der Waals surface area contributed by atoms with E-state index in [2.05, 4.69) is 10.3 Å². The van der Waals surface area contributed by atoms with Crippen LogP contribution in [0.3, 0.4) is 0 Å². The van der Waals surface area contributed by atoms with Crippen molar-refractivity contribution in [3.63, 3.8) is 0 Å². The van der Waals surface area contributed by atoms with Gasteiger partial charge in [0.1, 0.15) is 11.4 Å². The third-order valence-corrected chi connectivity index (χ3v) is 3.03. The lowest BCUT2D eigenvalue weighted by molar-refractivity contribution is -0.0974. The number of carbonyl (C=O) groups excluding carboxylic acids is 1. The second kappa shape index (κ2) is 6.40. The van der Waals surface area contributed by atoms with Gasteiger partial charge in [-0.25, -0.2) is 0 Å². The first kappa shape index (κ1) is 14.4. The predicted molar refractivity (Wildman–Crippen MR) is 75.0 cm³/mol. The minimum absolute atomic E-state index is 0.209. The molecule has 1 amide bonds. The number of ether oxygens (including phenoxy) is 3. The molecule has 0 radical (unpaired) electrons. The molecule has 0 saturated carbocycles. The Morgan fingerprint density at radius 3 is 2.65 bits per heavy atom. The summed E-state index contributed by atoms with van der Waals surface area (Å²) in [5, 5.41) is 3.66. The summed E-state index contributed by atoms with van der Waals surface area (Å²) in [4.78, 5) is 15.1. The van der Waals surface area contributed by atoms with Crippen molar-refractivity contribution in [1.82, 2.24) is 10.3 Å². The first-order chi connectivity index (χ1) is 9.67. The molecule has 0 aliphatic rings. The van der Waals surface area contributed by atoms with E-state index in [4.69, 9.17) is 14.2 Å². The second-order valence-electron chi connectivity index (χ2n) is 4.25. The zero-order valence-electron chi connectivity index (χ0n) is 11.7. The van der Waals surface area contributed by atoms with Crippen molar-refractivity contribution in [2.75, 3.05) is 27.9 Å². The van der Waals surface area contributed by atoms with Crippen LogP contribution < -0.4 is 10.1 Å². The van der Waals surface area contributed by atoms with Gasteiger partial charge in [0.2, 0.25) is 0 Å². The van der Waals surface area contributed by atoms with Gasteiger partial charge < -0.3 is 24.5 Å². The van der Waals surface area contributed by atoms with Crippen molar-refractivity contribution in [3.8, 4) is 5.75 Å². The average molecular weight is 278 g/mol. The zero-order chi connectivity index (χ0) is 14.5. The van der Waals surface area contributed by atoms with Gasteiger partial charge in [0.05, 0.1) is 13.7 Å². The molecule has 1 aromatic heterocycles. The number of carbonyl (C=O) groups is 1. The number of hydrogen-bond acceptors (Lipinski definition) is 4. The van der Waals surface area contributed by atoms with Gasteiger partial charge in [0.25, 0.3) is 5.91 Å². The first-order valence-electron chi connectivity index (χ1n) is 6.18. The number of amides is 1. The van der Waals surface area contributed by atoms with Gasteiger partial charge in [-0.2, -0.15) is 0 Å². The molecule has 108 valence electrons. The quantitative estimate of drug-likeness (QED) is 0.786. The number of hydrogen-bond donors (Lipinski definition) is 2. The fourth-order valence-electron chi connectivity index (χ4n) is 1.89. The monoisotopic (exact) mass is 278 g/mol. The molecule has 2 aromatic rings. The van der Waals surface area contributed by atoms with Crippen LogP contribution in [0.4, 0.5) is 0 Å². The number of methoxy groups -OCH3 is 3. The van der Waals surface area contributed by atoms with Crippen LogP contribution in [-0.2, 0) is 9.47 Å². The molecule has 0 unspecified atom stereocenters. The smallest absolute Gasteiger partial charge is 0.267 e.